The van der Waals surface area contributed by atoms with Crippen LogP contribution in [0.15, 0.2) is 146 Å². The molecule has 10 heteroatoms. The normalized spacial score (nSPS) is 24.1. The lowest BCUT2D eigenvalue weighted by atomic mass is 9.90. The first-order valence-electron chi connectivity index (χ1n) is 20.4. The average Bonchev–Trinajstić information content (AvgIpc) is 3.72. The van der Waals surface area contributed by atoms with Gasteiger partial charge in [0.05, 0.1) is 59.0 Å². The van der Waals surface area contributed by atoms with Crippen LogP contribution in [0.4, 0.5) is 0 Å². The molecule has 5 aromatic carbocycles. The van der Waals surface area contributed by atoms with Crippen LogP contribution in [-0.2, 0) is 69.1 Å². The standard InChI is InChI=1S/C49H54O10/c1-3-53-48(50)46-42(58-49(59-46)39-24-26-40(51-2)27-25-39)29-28-41-44(54-31-36-18-10-5-11-19-36)47(56-33-38-22-14-7-15-23-38)45(55-32-37-20-12-6-13-21-37)43(57-41)34-52-30-35-16-8-4-9-17-35/h4-27,41-47,49H,3,28-34H2,1-2H3/t41-,42+,43+,44-,45-,46-,47+,49-/m0/s1. The molecule has 0 spiro atoms. The van der Waals surface area contributed by atoms with Gasteiger partial charge in [0.25, 0.3) is 0 Å². The van der Waals surface area contributed by atoms with Gasteiger partial charge >= 0.3 is 5.97 Å². The van der Waals surface area contributed by atoms with Crippen LogP contribution in [0.2, 0.25) is 0 Å². The van der Waals surface area contributed by atoms with Gasteiger partial charge in [-0.3, -0.25) is 0 Å². The molecule has 0 N–H and O–H groups in total. The van der Waals surface area contributed by atoms with Crippen molar-refractivity contribution in [3.05, 3.63) is 173 Å². The molecule has 7 rings (SSSR count). The van der Waals surface area contributed by atoms with Crippen LogP contribution in [0.5, 0.6) is 5.75 Å². The predicted octanol–water partition coefficient (Wildman–Crippen LogP) is 8.56. The van der Waals surface area contributed by atoms with Crippen molar-refractivity contribution in [2.45, 2.75) is 95.2 Å². The summed E-state index contributed by atoms with van der Waals surface area (Å²) in [6.45, 7) is 3.64. The number of carbonyl (C=O) groups excluding carboxylic acids is 1. The predicted molar refractivity (Wildman–Crippen MR) is 221 cm³/mol. The Morgan fingerprint density at radius 2 is 1.00 bits per heavy atom. The molecule has 2 aliphatic heterocycles. The number of methoxy groups -OCH3 is 1. The zero-order valence-electron chi connectivity index (χ0n) is 33.7. The average molecular weight is 803 g/mol. The molecule has 10 nitrogen and oxygen atoms in total. The molecule has 8 atom stereocenters. The Morgan fingerprint density at radius 1 is 0.525 bits per heavy atom. The molecule has 0 unspecified atom stereocenters. The molecule has 2 fully saturated rings. The minimum atomic E-state index is -0.939. The fraction of sp³-hybridized carbons (Fsp3) is 0.367. The molecule has 59 heavy (non-hydrogen) atoms. The van der Waals surface area contributed by atoms with Gasteiger partial charge in [0.2, 0.25) is 0 Å². The van der Waals surface area contributed by atoms with Crippen LogP contribution in [0.25, 0.3) is 0 Å². The summed E-state index contributed by atoms with van der Waals surface area (Å²) in [6, 6.07) is 47.7. The summed E-state index contributed by atoms with van der Waals surface area (Å²) in [5, 5.41) is 0. The quantitative estimate of drug-likeness (QED) is 0.0712. The van der Waals surface area contributed by atoms with Crippen molar-refractivity contribution in [2.75, 3.05) is 20.3 Å². The number of esters is 1. The molecule has 0 bridgehead atoms. The Morgan fingerprint density at radius 3 is 1.51 bits per heavy atom. The molecule has 2 saturated heterocycles. The van der Waals surface area contributed by atoms with Crippen LogP contribution < -0.4 is 4.74 Å². The first kappa shape index (κ1) is 42.2. The smallest absolute Gasteiger partial charge is 0.338 e. The minimum absolute atomic E-state index is 0.217. The van der Waals surface area contributed by atoms with E-state index in [4.69, 9.17) is 42.6 Å². The van der Waals surface area contributed by atoms with Crippen molar-refractivity contribution in [3.8, 4) is 5.75 Å². The van der Waals surface area contributed by atoms with Crippen LogP contribution in [0.3, 0.4) is 0 Å². The Hall–Kier alpha value is -4.91. The highest BCUT2D eigenvalue weighted by atomic mass is 16.7. The topological polar surface area (TPSA) is 100 Å². The molecule has 2 aliphatic rings. The van der Waals surface area contributed by atoms with E-state index in [1.54, 1.807) is 14.0 Å². The van der Waals surface area contributed by atoms with Crippen LogP contribution >= 0.6 is 0 Å². The van der Waals surface area contributed by atoms with E-state index in [2.05, 4.69) is 0 Å². The Labute approximate surface area is 347 Å². The molecular weight excluding hydrogens is 749 g/mol. The maximum atomic E-state index is 13.3. The molecule has 0 saturated carbocycles. The fourth-order valence-electron chi connectivity index (χ4n) is 7.50. The second-order valence-corrected chi connectivity index (χ2v) is 14.7. The Kier molecular flexibility index (Phi) is 15.7. The van der Waals surface area contributed by atoms with Crippen molar-refractivity contribution in [3.63, 3.8) is 0 Å². The van der Waals surface area contributed by atoms with Gasteiger partial charge in [0.1, 0.15) is 30.2 Å². The lowest BCUT2D eigenvalue weighted by Gasteiger charge is -2.46. The summed E-state index contributed by atoms with van der Waals surface area (Å²) < 4.78 is 57.7. The van der Waals surface area contributed by atoms with Gasteiger partial charge in [-0.1, -0.05) is 133 Å². The Balaban J connectivity index is 1.18. The highest BCUT2D eigenvalue weighted by molar-refractivity contribution is 5.75. The van der Waals surface area contributed by atoms with E-state index in [1.807, 2.05) is 146 Å². The number of ether oxygens (including phenoxy) is 9. The van der Waals surface area contributed by atoms with Crippen molar-refractivity contribution >= 4 is 5.97 Å². The molecule has 0 aromatic heterocycles. The number of carbonyl (C=O) groups is 1. The monoisotopic (exact) mass is 802 g/mol. The van der Waals surface area contributed by atoms with Gasteiger partial charge < -0.3 is 42.6 Å². The summed E-state index contributed by atoms with van der Waals surface area (Å²) in [5.74, 6) is 0.235. The second-order valence-electron chi connectivity index (χ2n) is 14.7. The number of rotatable bonds is 20. The van der Waals surface area contributed by atoms with Gasteiger partial charge in [0, 0.05) is 5.56 Å². The van der Waals surface area contributed by atoms with Crippen molar-refractivity contribution in [1.29, 1.82) is 0 Å². The summed E-state index contributed by atoms with van der Waals surface area (Å²) >= 11 is 0. The highest BCUT2D eigenvalue weighted by Crippen LogP contribution is 2.38. The van der Waals surface area contributed by atoms with Crippen LogP contribution in [0, 0.1) is 0 Å². The van der Waals surface area contributed by atoms with Gasteiger partial charge in [-0.05, 0) is 54.2 Å². The Bertz CT molecular complexity index is 1950. The first-order valence-corrected chi connectivity index (χ1v) is 20.4. The van der Waals surface area contributed by atoms with E-state index < -0.39 is 55.0 Å². The van der Waals surface area contributed by atoms with Crippen LogP contribution in [-0.4, -0.2) is 69.0 Å². The van der Waals surface area contributed by atoms with Gasteiger partial charge in [-0.15, -0.1) is 0 Å². The third-order valence-corrected chi connectivity index (χ3v) is 10.5. The van der Waals surface area contributed by atoms with Gasteiger partial charge in [0.15, 0.2) is 12.4 Å². The maximum Gasteiger partial charge on any atom is 0.338 e. The zero-order valence-corrected chi connectivity index (χ0v) is 33.7. The number of benzene rings is 5. The fourth-order valence-corrected chi connectivity index (χ4v) is 7.50. The van der Waals surface area contributed by atoms with Gasteiger partial charge in [-0.2, -0.15) is 0 Å². The summed E-state index contributed by atoms with van der Waals surface area (Å²) in [6.07, 6.45) is -4.22. The van der Waals surface area contributed by atoms with E-state index in [-0.39, 0.29) is 13.2 Å². The highest BCUT2D eigenvalue weighted by Gasteiger charge is 2.50. The summed E-state index contributed by atoms with van der Waals surface area (Å²) in [7, 11) is 1.61. The number of hydrogen-bond donors (Lipinski definition) is 0. The minimum Gasteiger partial charge on any atom is -0.497 e. The summed E-state index contributed by atoms with van der Waals surface area (Å²) in [4.78, 5) is 13.3. The maximum absolute atomic E-state index is 13.3. The lowest BCUT2D eigenvalue weighted by molar-refractivity contribution is -0.274. The zero-order chi connectivity index (χ0) is 40.7. The largest absolute Gasteiger partial charge is 0.497 e. The summed E-state index contributed by atoms with van der Waals surface area (Å²) in [5.41, 5.74) is 4.88. The molecule has 0 aliphatic carbocycles. The molecule has 0 radical (unpaired) electrons. The molecule has 310 valence electrons. The molecule has 2 heterocycles. The first-order chi connectivity index (χ1) is 29.1. The van der Waals surface area contributed by atoms with E-state index >= 15 is 0 Å². The van der Waals surface area contributed by atoms with Crippen molar-refractivity contribution < 1.29 is 47.4 Å². The van der Waals surface area contributed by atoms with E-state index in [1.165, 1.54) is 0 Å². The van der Waals surface area contributed by atoms with Gasteiger partial charge in [-0.25, -0.2) is 4.79 Å². The lowest BCUT2D eigenvalue weighted by Crippen LogP contribution is -2.61. The van der Waals surface area contributed by atoms with Crippen molar-refractivity contribution in [2.24, 2.45) is 0 Å². The third kappa shape index (κ3) is 11.9. The third-order valence-electron chi connectivity index (χ3n) is 10.5. The van der Waals surface area contributed by atoms with E-state index in [0.717, 1.165) is 27.8 Å². The van der Waals surface area contributed by atoms with E-state index in [9.17, 15) is 4.79 Å². The molecule has 5 aromatic rings. The van der Waals surface area contributed by atoms with Crippen LogP contribution in [0.1, 0.15) is 53.9 Å². The molecule has 0 amide bonds. The number of hydrogen-bond acceptors (Lipinski definition) is 10. The van der Waals surface area contributed by atoms with E-state index in [0.29, 0.717) is 45.0 Å². The SMILES string of the molecule is CCOC(=O)[C@H]1O[C@@H](c2ccc(OC)cc2)O[C@@H]1CC[C@@H]1O[C@H](COCc2ccccc2)[C@H](OCc2ccccc2)[C@H](OCc2ccccc2)[C@H]1OCc1ccccc1. The molecular formula is C49H54O10. The van der Waals surface area contributed by atoms with Crippen molar-refractivity contribution in [1.82, 2.24) is 0 Å². The second kappa shape index (κ2) is 21.9.